The van der Waals surface area contributed by atoms with Gasteiger partial charge in [-0.25, -0.2) is 0 Å². The van der Waals surface area contributed by atoms with Crippen LogP contribution in [0.15, 0.2) is 0 Å². The fourth-order valence-corrected chi connectivity index (χ4v) is 0.255. The Balaban J connectivity index is 3.39. The molecule has 0 aromatic heterocycles. The Morgan fingerprint density at radius 2 is 2.22 bits per heavy atom. The van der Waals surface area contributed by atoms with Crippen LogP contribution in [0.1, 0.15) is 6.92 Å². The van der Waals surface area contributed by atoms with Gasteiger partial charge in [-0.15, -0.1) is 0 Å². The molecule has 0 bridgehead atoms. The molecule has 0 aliphatic heterocycles. The zero-order valence-corrected chi connectivity index (χ0v) is 5.09. The molecule has 9 heavy (non-hydrogen) atoms. The average molecular weight is 134 g/mol. The summed E-state index contributed by atoms with van der Waals surface area (Å²) in [6.07, 6.45) is 0. The van der Waals surface area contributed by atoms with E-state index in [1.165, 1.54) is 0 Å². The van der Waals surface area contributed by atoms with E-state index in [0.717, 1.165) is 6.92 Å². The Morgan fingerprint density at radius 3 is 2.33 bits per heavy atom. The molecule has 54 valence electrons. The first-order valence-corrected chi connectivity index (χ1v) is 2.40. The molecule has 0 aliphatic carbocycles. The molecule has 0 saturated carbocycles. The molecule has 0 aliphatic rings. The van der Waals surface area contributed by atoms with E-state index in [1.54, 1.807) is 0 Å². The number of hydrogen-bond acceptors (Lipinski definition) is 4. The summed E-state index contributed by atoms with van der Waals surface area (Å²) in [6.45, 7) is 0.847. The summed E-state index contributed by atoms with van der Waals surface area (Å²) in [5, 5.41) is 19.1. The van der Waals surface area contributed by atoms with Gasteiger partial charge in [0.1, 0.15) is 0 Å². The van der Waals surface area contributed by atoms with Crippen molar-refractivity contribution in [3.63, 3.8) is 0 Å². The minimum absolute atomic E-state index is 0.247. The van der Waals surface area contributed by atoms with E-state index in [9.17, 15) is 4.79 Å². The Kier molecular flexibility index (Phi) is 2.57. The number of carbonyl (C=O) groups is 1. The molecule has 0 atom stereocenters. The quantitative estimate of drug-likeness (QED) is 0.327. The average Bonchev–Trinajstić information content (AvgIpc) is 1.59. The Bertz CT molecular complexity index is 107. The van der Waals surface area contributed by atoms with Crippen LogP contribution in [0, 0.1) is 0 Å². The number of amides is 1. The second-order valence-electron chi connectivity index (χ2n) is 1.84. The van der Waals surface area contributed by atoms with E-state index in [0.29, 0.717) is 0 Å². The zero-order valence-electron chi connectivity index (χ0n) is 5.09. The monoisotopic (exact) mass is 134 g/mol. The molecule has 0 fully saturated rings. The van der Waals surface area contributed by atoms with E-state index in [1.807, 2.05) is 0 Å². The third-order valence-corrected chi connectivity index (χ3v) is 0.598. The van der Waals surface area contributed by atoms with Gasteiger partial charge >= 0.3 is 0 Å². The van der Waals surface area contributed by atoms with E-state index in [-0.39, 0.29) is 6.54 Å². The van der Waals surface area contributed by atoms with E-state index in [2.05, 4.69) is 11.1 Å². The highest BCUT2D eigenvalue weighted by molar-refractivity contribution is 5.75. The van der Waals surface area contributed by atoms with Crippen molar-refractivity contribution in [1.29, 1.82) is 0 Å². The van der Waals surface area contributed by atoms with Gasteiger partial charge in [0.05, 0.1) is 6.54 Å². The highest BCUT2D eigenvalue weighted by Crippen LogP contribution is 1.86. The maximum Gasteiger partial charge on any atom is 0.231 e. The van der Waals surface area contributed by atoms with Crippen molar-refractivity contribution in [1.82, 2.24) is 5.32 Å². The molecule has 5 heteroatoms. The molecule has 0 spiro atoms. The Labute approximate surface area is 52.5 Å². The summed E-state index contributed by atoms with van der Waals surface area (Å²) in [5.41, 5.74) is 4.68. The lowest BCUT2D eigenvalue weighted by Gasteiger charge is -2.15. The van der Waals surface area contributed by atoms with Gasteiger partial charge in [-0.3, -0.25) is 10.1 Å². The normalized spacial score (nSPS) is 11.4. The number of rotatable bonds is 3. The molecule has 0 aromatic carbocycles. The van der Waals surface area contributed by atoms with Crippen molar-refractivity contribution in [2.24, 2.45) is 5.73 Å². The molecular formula is C4H10N2O3. The Hall–Kier alpha value is -0.650. The van der Waals surface area contributed by atoms with Crippen LogP contribution >= 0.6 is 0 Å². The van der Waals surface area contributed by atoms with Gasteiger partial charge in [-0.1, -0.05) is 0 Å². The maximum absolute atomic E-state index is 9.98. The minimum atomic E-state index is -2.02. The van der Waals surface area contributed by atoms with Gasteiger partial charge in [0.15, 0.2) is 0 Å². The van der Waals surface area contributed by atoms with Crippen LogP contribution < -0.4 is 11.1 Å². The highest BCUT2D eigenvalue weighted by Gasteiger charge is 2.13. The summed E-state index contributed by atoms with van der Waals surface area (Å²) in [5.74, 6) is -2.65. The van der Waals surface area contributed by atoms with E-state index >= 15 is 0 Å². The number of carbonyl (C=O) groups excluding carboxylic acids is 1. The summed E-state index contributed by atoms with van der Waals surface area (Å²) in [7, 11) is 0. The van der Waals surface area contributed by atoms with Crippen molar-refractivity contribution >= 4 is 5.91 Å². The molecule has 0 aromatic rings. The van der Waals surface area contributed by atoms with Gasteiger partial charge in [-0.05, 0) is 0 Å². The molecule has 0 heterocycles. The topological polar surface area (TPSA) is 95.6 Å². The van der Waals surface area contributed by atoms with Crippen LogP contribution in [0.5, 0.6) is 0 Å². The summed E-state index contributed by atoms with van der Waals surface area (Å²) in [6, 6.07) is 0. The van der Waals surface area contributed by atoms with E-state index in [4.69, 9.17) is 10.2 Å². The highest BCUT2D eigenvalue weighted by atomic mass is 16.5. The van der Waals surface area contributed by atoms with Crippen molar-refractivity contribution in [3.05, 3.63) is 0 Å². The standard InChI is InChI=1S/C4H10N2O3/c1-4(8,9)6-2-3(5)7/h6,8-9H,2H2,1H3,(H2,5,7). The summed E-state index contributed by atoms with van der Waals surface area (Å²) >= 11 is 0. The Morgan fingerprint density at radius 1 is 1.78 bits per heavy atom. The summed E-state index contributed by atoms with van der Waals surface area (Å²) in [4.78, 5) is 9.98. The van der Waals surface area contributed by atoms with Gasteiger partial charge in [0.25, 0.3) is 0 Å². The van der Waals surface area contributed by atoms with Crippen molar-refractivity contribution in [3.8, 4) is 0 Å². The SMILES string of the molecule is CC(O)(O)NCC(N)=O. The largest absolute Gasteiger partial charge is 0.369 e. The predicted octanol–water partition coefficient (Wildman–Crippen LogP) is -2.28. The molecule has 0 unspecified atom stereocenters. The minimum Gasteiger partial charge on any atom is -0.369 e. The van der Waals surface area contributed by atoms with Gasteiger partial charge in [0, 0.05) is 6.92 Å². The fourth-order valence-electron chi connectivity index (χ4n) is 0.255. The molecule has 1 amide bonds. The van der Waals surface area contributed by atoms with Crippen LogP contribution in [0.4, 0.5) is 0 Å². The molecule has 5 nitrogen and oxygen atoms in total. The number of primary amides is 1. The second-order valence-corrected chi connectivity index (χ2v) is 1.84. The lowest BCUT2D eigenvalue weighted by atomic mass is 10.5. The fraction of sp³-hybridized carbons (Fsp3) is 0.750. The van der Waals surface area contributed by atoms with Gasteiger partial charge in [-0.2, -0.15) is 0 Å². The first-order chi connectivity index (χ1) is 3.92. The third kappa shape index (κ3) is 7.35. The lowest BCUT2D eigenvalue weighted by molar-refractivity contribution is -0.170. The number of hydrogen-bond donors (Lipinski definition) is 4. The van der Waals surface area contributed by atoms with E-state index < -0.39 is 11.8 Å². The van der Waals surface area contributed by atoms with Crippen LogP contribution in [-0.2, 0) is 4.79 Å². The number of aliphatic hydroxyl groups is 2. The van der Waals surface area contributed by atoms with Crippen LogP contribution in [0.3, 0.4) is 0 Å². The number of nitrogens with one attached hydrogen (secondary N) is 1. The van der Waals surface area contributed by atoms with Gasteiger partial charge < -0.3 is 15.9 Å². The van der Waals surface area contributed by atoms with Crippen LogP contribution in [-0.4, -0.2) is 28.6 Å². The van der Waals surface area contributed by atoms with Crippen molar-refractivity contribution in [2.75, 3.05) is 6.54 Å². The van der Waals surface area contributed by atoms with Gasteiger partial charge in [0.2, 0.25) is 11.8 Å². The van der Waals surface area contributed by atoms with Crippen LogP contribution in [0.2, 0.25) is 0 Å². The zero-order chi connectivity index (χ0) is 7.49. The molecular weight excluding hydrogens is 124 g/mol. The van der Waals surface area contributed by atoms with Crippen molar-refractivity contribution < 1.29 is 15.0 Å². The summed E-state index contributed by atoms with van der Waals surface area (Å²) < 4.78 is 0. The number of nitrogens with two attached hydrogens (primary N) is 1. The molecule has 0 saturated heterocycles. The first kappa shape index (κ1) is 8.35. The smallest absolute Gasteiger partial charge is 0.231 e. The lowest BCUT2D eigenvalue weighted by Crippen LogP contribution is -2.45. The maximum atomic E-state index is 9.98. The second kappa shape index (κ2) is 2.77. The molecule has 5 N–H and O–H groups in total. The van der Waals surface area contributed by atoms with Crippen molar-refractivity contribution in [2.45, 2.75) is 12.8 Å². The first-order valence-electron chi connectivity index (χ1n) is 2.40. The molecule has 0 radical (unpaired) electrons. The molecule has 0 rings (SSSR count). The third-order valence-electron chi connectivity index (χ3n) is 0.598. The van der Waals surface area contributed by atoms with Crippen LogP contribution in [0.25, 0.3) is 0 Å². The predicted molar refractivity (Wildman–Crippen MR) is 30.0 cm³/mol.